The van der Waals surface area contributed by atoms with Crippen molar-refractivity contribution in [2.75, 3.05) is 13.7 Å². The van der Waals surface area contributed by atoms with E-state index in [0.717, 1.165) is 0 Å². The molecule has 2 amide bonds. The number of ether oxygens (including phenoxy) is 2. The molecule has 2 aromatic rings. The minimum atomic E-state index is -0.503. The number of nitrogens with one attached hydrogen (secondary N) is 2. The van der Waals surface area contributed by atoms with Gasteiger partial charge < -0.3 is 9.47 Å². The fourth-order valence-electron chi connectivity index (χ4n) is 1.83. The van der Waals surface area contributed by atoms with Gasteiger partial charge in [-0.25, -0.2) is 0 Å². The molecular formula is C16H17N3O4. The van der Waals surface area contributed by atoms with Gasteiger partial charge in [-0.15, -0.1) is 0 Å². The molecule has 0 aliphatic heterocycles. The van der Waals surface area contributed by atoms with Crippen LogP contribution in [0.25, 0.3) is 0 Å². The summed E-state index contributed by atoms with van der Waals surface area (Å²) in [6.45, 7) is 2.34. The number of carbonyl (C=O) groups is 2. The van der Waals surface area contributed by atoms with Crippen LogP contribution in [0.4, 0.5) is 0 Å². The van der Waals surface area contributed by atoms with E-state index in [2.05, 4.69) is 15.8 Å². The van der Waals surface area contributed by atoms with Gasteiger partial charge in [0.1, 0.15) is 5.69 Å². The molecule has 0 aliphatic carbocycles. The number of hydrogen-bond acceptors (Lipinski definition) is 5. The summed E-state index contributed by atoms with van der Waals surface area (Å²) in [6.07, 6.45) is 1.49. The smallest absolute Gasteiger partial charge is 0.288 e. The lowest BCUT2D eigenvalue weighted by molar-refractivity contribution is 0.0844. The molecule has 0 bridgehead atoms. The van der Waals surface area contributed by atoms with Crippen LogP contribution in [-0.2, 0) is 0 Å². The minimum Gasteiger partial charge on any atom is -0.493 e. The van der Waals surface area contributed by atoms with Crippen molar-refractivity contribution in [2.45, 2.75) is 6.92 Å². The molecule has 0 spiro atoms. The van der Waals surface area contributed by atoms with Crippen molar-refractivity contribution in [3.63, 3.8) is 0 Å². The quantitative estimate of drug-likeness (QED) is 0.817. The topological polar surface area (TPSA) is 89.6 Å². The zero-order valence-corrected chi connectivity index (χ0v) is 12.8. The van der Waals surface area contributed by atoms with Crippen LogP contribution in [0.2, 0.25) is 0 Å². The Labute approximate surface area is 133 Å². The number of pyridine rings is 1. The Morgan fingerprint density at radius 3 is 2.52 bits per heavy atom. The maximum atomic E-state index is 12.1. The number of carbonyl (C=O) groups excluding carboxylic acids is 2. The molecule has 1 heterocycles. The molecule has 120 valence electrons. The third-order valence-electron chi connectivity index (χ3n) is 2.91. The molecule has 0 unspecified atom stereocenters. The molecular weight excluding hydrogens is 298 g/mol. The Hall–Kier alpha value is -3.09. The second-order valence-corrected chi connectivity index (χ2v) is 4.42. The van der Waals surface area contributed by atoms with Gasteiger partial charge in [-0.05, 0) is 37.3 Å². The van der Waals surface area contributed by atoms with Gasteiger partial charge in [0.25, 0.3) is 11.8 Å². The normalized spacial score (nSPS) is 9.83. The van der Waals surface area contributed by atoms with E-state index in [0.29, 0.717) is 23.7 Å². The molecule has 0 saturated heterocycles. The average Bonchev–Trinajstić information content (AvgIpc) is 2.60. The highest BCUT2D eigenvalue weighted by atomic mass is 16.5. The van der Waals surface area contributed by atoms with Gasteiger partial charge >= 0.3 is 0 Å². The summed E-state index contributed by atoms with van der Waals surface area (Å²) in [7, 11) is 1.49. The van der Waals surface area contributed by atoms with E-state index in [1.807, 2.05) is 6.92 Å². The van der Waals surface area contributed by atoms with Crippen molar-refractivity contribution in [2.24, 2.45) is 0 Å². The zero-order valence-electron chi connectivity index (χ0n) is 12.8. The standard InChI is InChI=1S/C16H17N3O4/c1-3-23-13-8-7-11(10-14(13)22-2)15(20)18-19-16(21)12-6-4-5-9-17-12/h4-10H,3H2,1-2H3,(H,18,20)(H,19,21). The highest BCUT2D eigenvalue weighted by Gasteiger charge is 2.12. The summed E-state index contributed by atoms with van der Waals surface area (Å²) < 4.78 is 10.6. The van der Waals surface area contributed by atoms with Gasteiger partial charge in [0.05, 0.1) is 13.7 Å². The number of nitrogens with zero attached hydrogens (tertiary/aromatic N) is 1. The lowest BCUT2D eigenvalue weighted by Gasteiger charge is -2.11. The molecule has 7 heteroatoms. The predicted octanol–water partition coefficient (Wildman–Crippen LogP) is 1.56. The maximum Gasteiger partial charge on any atom is 0.288 e. The number of rotatable bonds is 5. The van der Waals surface area contributed by atoms with E-state index in [-0.39, 0.29) is 5.69 Å². The van der Waals surface area contributed by atoms with E-state index >= 15 is 0 Å². The second-order valence-electron chi connectivity index (χ2n) is 4.42. The summed E-state index contributed by atoms with van der Waals surface area (Å²) >= 11 is 0. The molecule has 1 aromatic heterocycles. The first-order valence-corrected chi connectivity index (χ1v) is 6.98. The molecule has 23 heavy (non-hydrogen) atoms. The number of hydrogen-bond donors (Lipinski definition) is 2. The lowest BCUT2D eigenvalue weighted by atomic mass is 10.2. The molecule has 1 aromatic carbocycles. The molecule has 0 atom stereocenters. The Morgan fingerprint density at radius 1 is 1.09 bits per heavy atom. The third kappa shape index (κ3) is 4.19. The van der Waals surface area contributed by atoms with Crippen LogP contribution in [-0.4, -0.2) is 30.5 Å². The van der Waals surface area contributed by atoms with Crippen molar-refractivity contribution in [1.29, 1.82) is 0 Å². The molecule has 0 aliphatic rings. The fraction of sp³-hybridized carbons (Fsp3) is 0.188. The maximum absolute atomic E-state index is 12.1. The highest BCUT2D eigenvalue weighted by molar-refractivity contribution is 5.98. The molecule has 0 fully saturated rings. The molecule has 2 N–H and O–H groups in total. The number of amides is 2. The summed E-state index contributed by atoms with van der Waals surface area (Å²) in [4.78, 5) is 27.8. The number of aromatic nitrogens is 1. The SMILES string of the molecule is CCOc1ccc(C(=O)NNC(=O)c2ccccn2)cc1OC. The first-order chi connectivity index (χ1) is 11.2. The number of hydrazine groups is 1. The number of benzene rings is 1. The average molecular weight is 315 g/mol. The van der Waals surface area contributed by atoms with Crippen LogP contribution in [0.1, 0.15) is 27.8 Å². The number of methoxy groups -OCH3 is 1. The molecule has 7 nitrogen and oxygen atoms in total. The third-order valence-corrected chi connectivity index (χ3v) is 2.91. The van der Waals surface area contributed by atoms with Gasteiger partial charge in [0.15, 0.2) is 11.5 Å². The summed E-state index contributed by atoms with van der Waals surface area (Å²) in [5.74, 6) is 0.00658. The van der Waals surface area contributed by atoms with Crippen LogP contribution in [0.3, 0.4) is 0 Å². The summed E-state index contributed by atoms with van der Waals surface area (Å²) in [6, 6.07) is 9.67. The van der Waals surface area contributed by atoms with E-state index in [1.165, 1.54) is 19.4 Å². The molecule has 0 saturated carbocycles. The second kappa shape index (κ2) is 7.79. The van der Waals surface area contributed by atoms with E-state index in [1.54, 1.807) is 30.3 Å². The van der Waals surface area contributed by atoms with Crippen LogP contribution >= 0.6 is 0 Å². The highest BCUT2D eigenvalue weighted by Crippen LogP contribution is 2.27. The van der Waals surface area contributed by atoms with E-state index in [4.69, 9.17) is 9.47 Å². The van der Waals surface area contributed by atoms with Crippen LogP contribution in [0, 0.1) is 0 Å². The Balaban J connectivity index is 2.02. The van der Waals surface area contributed by atoms with Gasteiger partial charge in [-0.1, -0.05) is 6.07 Å². The zero-order chi connectivity index (χ0) is 16.7. The van der Waals surface area contributed by atoms with Crippen molar-refractivity contribution in [3.8, 4) is 11.5 Å². The van der Waals surface area contributed by atoms with E-state index in [9.17, 15) is 9.59 Å². The Bertz CT molecular complexity index is 689. The van der Waals surface area contributed by atoms with Crippen LogP contribution < -0.4 is 20.3 Å². The lowest BCUT2D eigenvalue weighted by Crippen LogP contribution is -2.41. The summed E-state index contributed by atoms with van der Waals surface area (Å²) in [5.41, 5.74) is 5.16. The first-order valence-electron chi connectivity index (χ1n) is 6.98. The largest absolute Gasteiger partial charge is 0.493 e. The Morgan fingerprint density at radius 2 is 1.87 bits per heavy atom. The minimum absolute atomic E-state index is 0.206. The first kappa shape index (κ1) is 16.3. The van der Waals surface area contributed by atoms with Gasteiger partial charge in [0.2, 0.25) is 0 Å². The van der Waals surface area contributed by atoms with Crippen LogP contribution in [0.15, 0.2) is 42.6 Å². The molecule has 0 radical (unpaired) electrons. The van der Waals surface area contributed by atoms with Gasteiger partial charge in [0, 0.05) is 11.8 Å². The molecule has 2 rings (SSSR count). The van der Waals surface area contributed by atoms with Crippen LogP contribution in [0.5, 0.6) is 11.5 Å². The van der Waals surface area contributed by atoms with Gasteiger partial charge in [-0.2, -0.15) is 0 Å². The van der Waals surface area contributed by atoms with Crippen molar-refractivity contribution in [1.82, 2.24) is 15.8 Å². The predicted molar refractivity (Wildman–Crippen MR) is 83.3 cm³/mol. The van der Waals surface area contributed by atoms with Crippen molar-refractivity contribution in [3.05, 3.63) is 53.9 Å². The van der Waals surface area contributed by atoms with Gasteiger partial charge in [-0.3, -0.25) is 25.4 Å². The summed E-state index contributed by atoms with van der Waals surface area (Å²) in [5, 5.41) is 0. The Kier molecular flexibility index (Phi) is 5.51. The van der Waals surface area contributed by atoms with Crippen molar-refractivity contribution >= 4 is 11.8 Å². The monoisotopic (exact) mass is 315 g/mol. The fourth-order valence-corrected chi connectivity index (χ4v) is 1.83. The van der Waals surface area contributed by atoms with Crippen molar-refractivity contribution < 1.29 is 19.1 Å². The van der Waals surface area contributed by atoms with E-state index < -0.39 is 11.8 Å².